The van der Waals surface area contributed by atoms with Gasteiger partial charge in [0.05, 0.1) is 18.3 Å². The first kappa shape index (κ1) is 19.0. The fraction of sp³-hybridized carbons (Fsp3) is 0.364. The molecule has 0 radical (unpaired) electrons. The quantitative estimate of drug-likeness (QED) is 0.659. The molecule has 1 aromatic heterocycles. The Morgan fingerprint density at radius 1 is 1.07 bits per heavy atom. The highest BCUT2D eigenvalue weighted by atomic mass is 35.5. The number of amides is 1. The van der Waals surface area contributed by atoms with E-state index < -0.39 is 0 Å². The molecule has 28 heavy (non-hydrogen) atoms. The molecule has 0 aliphatic carbocycles. The van der Waals surface area contributed by atoms with E-state index in [9.17, 15) is 4.79 Å². The molecule has 1 aliphatic heterocycles. The molecule has 0 N–H and O–H groups in total. The van der Waals surface area contributed by atoms with Gasteiger partial charge in [-0.15, -0.1) is 0 Å². The third kappa shape index (κ3) is 4.21. The molecule has 0 saturated carbocycles. The van der Waals surface area contributed by atoms with Gasteiger partial charge in [-0.25, -0.2) is 0 Å². The number of aromatic nitrogens is 2. The van der Waals surface area contributed by atoms with Gasteiger partial charge in [0, 0.05) is 49.6 Å². The summed E-state index contributed by atoms with van der Waals surface area (Å²) in [6, 6.07) is 14.2. The van der Waals surface area contributed by atoms with E-state index in [-0.39, 0.29) is 5.91 Å². The number of fused-ring (bicyclic) bond motifs is 1. The van der Waals surface area contributed by atoms with Gasteiger partial charge in [-0.3, -0.25) is 14.4 Å². The van der Waals surface area contributed by atoms with E-state index in [4.69, 9.17) is 11.6 Å². The molecule has 0 spiro atoms. The Morgan fingerprint density at radius 2 is 1.82 bits per heavy atom. The molecule has 6 heteroatoms. The first-order valence-electron chi connectivity index (χ1n) is 9.76. The summed E-state index contributed by atoms with van der Waals surface area (Å²) in [5, 5.41) is 6.36. The maximum absolute atomic E-state index is 12.7. The molecule has 1 aliphatic rings. The van der Waals surface area contributed by atoms with E-state index in [2.05, 4.69) is 41.2 Å². The minimum Gasteiger partial charge on any atom is -0.340 e. The summed E-state index contributed by atoms with van der Waals surface area (Å²) in [6.07, 6.45) is 2.37. The summed E-state index contributed by atoms with van der Waals surface area (Å²) >= 11 is 5.95. The largest absolute Gasteiger partial charge is 0.340 e. The number of nitrogens with zero attached hydrogens (tertiary/aromatic N) is 4. The van der Waals surface area contributed by atoms with Crippen LogP contribution < -0.4 is 0 Å². The topological polar surface area (TPSA) is 41.4 Å². The van der Waals surface area contributed by atoms with Gasteiger partial charge in [0.1, 0.15) is 0 Å². The lowest BCUT2D eigenvalue weighted by Gasteiger charge is -2.34. The summed E-state index contributed by atoms with van der Waals surface area (Å²) in [4.78, 5) is 17.0. The standard InChI is InChI=1S/C22H25ClN4O/c1-17-3-2-4-19-15-24-27(22(17)19)10-9-21(28)26-13-11-25(12-14-26)16-18-5-7-20(23)8-6-18/h2-8,15H,9-14,16H2,1H3. The molecule has 0 bridgehead atoms. The Labute approximate surface area is 170 Å². The van der Waals surface area contributed by atoms with Crippen LogP contribution in [-0.2, 0) is 17.9 Å². The lowest BCUT2D eigenvalue weighted by molar-refractivity contribution is -0.133. The van der Waals surface area contributed by atoms with Gasteiger partial charge >= 0.3 is 0 Å². The SMILES string of the molecule is Cc1cccc2cnn(CCC(=O)N3CCN(Cc4ccc(Cl)cc4)CC3)c12. The zero-order valence-corrected chi connectivity index (χ0v) is 16.9. The molecule has 0 atom stereocenters. The van der Waals surface area contributed by atoms with E-state index in [1.165, 1.54) is 11.1 Å². The Balaban J connectivity index is 1.28. The highest BCUT2D eigenvalue weighted by Gasteiger charge is 2.21. The van der Waals surface area contributed by atoms with Crippen LogP contribution in [0.2, 0.25) is 5.02 Å². The fourth-order valence-corrected chi connectivity index (χ4v) is 3.99. The van der Waals surface area contributed by atoms with Crippen molar-refractivity contribution in [1.29, 1.82) is 0 Å². The van der Waals surface area contributed by atoms with Crippen LogP contribution in [0.4, 0.5) is 0 Å². The van der Waals surface area contributed by atoms with E-state index in [1.54, 1.807) is 0 Å². The van der Waals surface area contributed by atoms with Crippen molar-refractivity contribution >= 4 is 28.4 Å². The van der Waals surface area contributed by atoms with Crippen molar-refractivity contribution in [3.63, 3.8) is 0 Å². The first-order valence-corrected chi connectivity index (χ1v) is 10.1. The third-order valence-corrected chi connectivity index (χ3v) is 5.70. The Bertz CT molecular complexity index is 958. The van der Waals surface area contributed by atoms with Gasteiger partial charge in [0.25, 0.3) is 0 Å². The number of rotatable bonds is 5. The molecule has 0 unspecified atom stereocenters. The number of carbonyl (C=O) groups is 1. The Morgan fingerprint density at radius 3 is 2.57 bits per heavy atom. The molecule has 4 rings (SSSR count). The summed E-state index contributed by atoms with van der Waals surface area (Å²) < 4.78 is 1.96. The zero-order chi connectivity index (χ0) is 19.5. The third-order valence-electron chi connectivity index (χ3n) is 5.45. The molecule has 3 aromatic rings. The lowest BCUT2D eigenvalue weighted by Crippen LogP contribution is -2.48. The van der Waals surface area contributed by atoms with Crippen LogP contribution in [0.15, 0.2) is 48.7 Å². The molecule has 2 aromatic carbocycles. The van der Waals surface area contributed by atoms with Crippen molar-refractivity contribution in [2.45, 2.75) is 26.4 Å². The lowest BCUT2D eigenvalue weighted by atomic mass is 10.1. The molecule has 5 nitrogen and oxygen atoms in total. The smallest absolute Gasteiger partial charge is 0.224 e. The molecule has 1 amide bonds. The van der Waals surface area contributed by atoms with Gasteiger partial charge < -0.3 is 4.90 Å². The van der Waals surface area contributed by atoms with Crippen molar-refractivity contribution in [3.05, 3.63) is 64.8 Å². The predicted molar refractivity (Wildman–Crippen MR) is 112 cm³/mol. The predicted octanol–water partition coefficient (Wildman–Crippen LogP) is 3.73. The number of para-hydroxylation sites is 1. The summed E-state index contributed by atoms with van der Waals surface area (Å²) in [5.41, 5.74) is 3.58. The van der Waals surface area contributed by atoms with E-state index in [0.29, 0.717) is 13.0 Å². The number of piperazine rings is 1. The average Bonchev–Trinajstić information content (AvgIpc) is 3.13. The number of aryl methyl sites for hydroxylation is 2. The molecular formula is C22H25ClN4O. The van der Waals surface area contributed by atoms with Crippen LogP contribution in [0.5, 0.6) is 0 Å². The van der Waals surface area contributed by atoms with Gasteiger partial charge in [0.2, 0.25) is 5.91 Å². The summed E-state index contributed by atoms with van der Waals surface area (Å²) in [5.74, 6) is 0.211. The second kappa shape index (κ2) is 8.33. The van der Waals surface area contributed by atoms with Gasteiger partial charge in [-0.2, -0.15) is 5.10 Å². The normalized spacial score (nSPS) is 15.3. The van der Waals surface area contributed by atoms with E-state index in [0.717, 1.165) is 48.6 Å². The molecular weight excluding hydrogens is 372 g/mol. The second-order valence-corrected chi connectivity index (χ2v) is 7.85. The summed E-state index contributed by atoms with van der Waals surface area (Å²) in [6.45, 7) is 6.98. The molecule has 1 fully saturated rings. The van der Waals surface area contributed by atoms with Crippen molar-refractivity contribution in [2.75, 3.05) is 26.2 Å². The highest BCUT2D eigenvalue weighted by Crippen LogP contribution is 2.18. The van der Waals surface area contributed by atoms with Crippen LogP contribution in [0.1, 0.15) is 17.5 Å². The van der Waals surface area contributed by atoms with Crippen molar-refractivity contribution in [2.24, 2.45) is 0 Å². The first-order chi connectivity index (χ1) is 13.6. The number of hydrogen-bond donors (Lipinski definition) is 0. The van der Waals surface area contributed by atoms with Crippen molar-refractivity contribution < 1.29 is 4.79 Å². The van der Waals surface area contributed by atoms with E-state index in [1.807, 2.05) is 34.0 Å². The highest BCUT2D eigenvalue weighted by molar-refractivity contribution is 6.30. The number of carbonyl (C=O) groups excluding carboxylic acids is 1. The Hall–Kier alpha value is -2.37. The summed E-state index contributed by atoms with van der Waals surface area (Å²) in [7, 11) is 0. The maximum atomic E-state index is 12.7. The van der Waals surface area contributed by atoms with Gasteiger partial charge in [-0.1, -0.05) is 41.9 Å². The molecule has 2 heterocycles. The van der Waals surface area contributed by atoms with Gasteiger partial charge in [0.15, 0.2) is 0 Å². The van der Waals surface area contributed by atoms with Crippen molar-refractivity contribution in [3.8, 4) is 0 Å². The maximum Gasteiger partial charge on any atom is 0.224 e. The van der Waals surface area contributed by atoms with Crippen LogP contribution in [0, 0.1) is 6.92 Å². The molecule has 146 valence electrons. The minimum absolute atomic E-state index is 0.211. The minimum atomic E-state index is 0.211. The van der Waals surface area contributed by atoms with Gasteiger partial charge in [-0.05, 0) is 30.2 Å². The van der Waals surface area contributed by atoms with Crippen LogP contribution in [-0.4, -0.2) is 51.7 Å². The van der Waals surface area contributed by atoms with Crippen LogP contribution >= 0.6 is 11.6 Å². The number of hydrogen-bond acceptors (Lipinski definition) is 3. The van der Waals surface area contributed by atoms with Crippen LogP contribution in [0.25, 0.3) is 10.9 Å². The average molecular weight is 397 g/mol. The van der Waals surface area contributed by atoms with E-state index >= 15 is 0 Å². The number of benzene rings is 2. The Kier molecular flexibility index (Phi) is 5.64. The van der Waals surface area contributed by atoms with Crippen molar-refractivity contribution in [1.82, 2.24) is 19.6 Å². The van der Waals surface area contributed by atoms with Crippen LogP contribution in [0.3, 0.4) is 0 Å². The zero-order valence-electron chi connectivity index (χ0n) is 16.1. The fourth-order valence-electron chi connectivity index (χ4n) is 3.86. The molecule has 1 saturated heterocycles. The number of halogens is 1. The monoisotopic (exact) mass is 396 g/mol. The second-order valence-electron chi connectivity index (χ2n) is 7.41.